The van der Waals surface area contributed by atoms with Gasteiger partial charge >= 0.3 is 5.97 Å². The lowest BCUT2D eigenvalue weighted by Gasteiger charge is -2.24. The number of amides is 1. The molecule has 0 aliphatic heterocycles. The predicted octanol–water partition coefficient (Wildman–Crippen LogP) is 1.14. The average Bonchev–Trinajstić information content (AvgIpc) is 2.60. The summed E-state index contributed by atoms with van der Waals surface area (Å²) >= 11 is 0. The van der Waals surface area contributed by atoms with E-state index in [4.69, 9.17) is 19.9 Å². The Kier molecular flexibility index (Phi) is 10.5. The van der Waals surface area contributed by atoms with Gasteiger partial charge in [0.25, 0.3) is 0 Å². The minimum absolute atomic E-state index is 0.117. The van der Waals surface area contributed by atoms with E-state index >= 15 is 0 Å². The van der Waals surface area contributed by atoms with Crippen molar-refractivity contribution in [2.45, 2.75) is 45.3 Å². The molecule has 1 aromatic rings. The van der Waals surface area contributed by atoms with Crippen molar-refractivity contribution in [3.63, 3.8) is 0 Å². The van der Waals surface area contributed by atoms with E-state index in [1.54, 1.807) is 32.9 Å². The topological polar surface area (TPSA) is 120 Å². The van der Waals surface area contributed by atoms with Gasteiger partial charge in [0.15, 0.2) is 0 Å². The lowest BCUT2D eigenvalue weighted by molar-refractivity contribution is -0.158. The summed E-state index contributed by atoms with van der Waals surface area (Å²) in [7, 11) is 0. The highest BCUT2D eigenvalue weighted by molar-refractivity contribution is 5.85. The van der Waals surface area contributed by atoms with Crippen LogP contribution in [0.15, 0.2) is 24.3 Å². The molecule has 0 radical (unpaired) electrons. The molecule has 0 saturated heterocycles. The number of nitrogens with two attached hydrogens (primary N) is 1. The number of benzene rings is 1. The first-order chi connectivity index (χ1) is 13.2. The maximum Gasteiger partial charge on any atom is 0.329 e. The van der Waals surface area contributed by atoms with Crippen LogP contribution in [0.4, 0.5) is 0 Å². The number of carbonyl (C=O) groups excluding carboxylic acids is 2. The Hall–Kier alpha value is -2.16. The first kappa shape index (κ1) is 23.9. The summed E-state index contributed by atoms with van der Waals surface area (Å²) in [6, 6.07) is 5.63. The highest BCUT2D eigenvalue weighted by Crippen LogP contribution is 2.14. The van der Waals surface area contributed by atoms with Crippen molar-refractivity contribution >= 4 is 11.9 Å². The van der Waals surface area contributed by atoms with Crippen LogP contribution in [0.3, 0.4) is 0 Å². The summed E-state index contributed by atoms with van der Waals surface area (Å²) in [4.78, 5) is 24.7. The van der Waals surface area contributed by atoms with Crippen LogP contribution in [0.25, 0.3) is 0 Å². The van der Waals surface area contributed by atoms with Gasteiger partial charge in [0.2, 0.25) is 5.91 Å². The van der Waals surface area contributed by atoms with E-state index < -0.39 is 17.6 Å². The Morgan fingerprint density at radius 3 is 2.25 bits per heavy atom. The largest absolute Gasteiger partial charge is 0.508 e. The average molecular weight is 396 g/mol. The number of nitrogens with one attached hydrogen (secondary N) is 1. The smallest absolute Gasteiger partial charge is 0.329 e. The fourth-order valence-corrected chi connectivity index (χ4v) is 2.27. The molecule has 0 fully saturated rings. The van der Waals surface area contributed by atoms with E-state index in [0.717, 1.165) is 5.56 Å². The van der Waals surface area contributed by atoms with Crippen molar-refractivity contribution in [3.8, 4) is 5.75 Å². The number of phenolic OH excluding ortho intramolecular Hbond substituents is 1. The predicted molar refractivity (Wildman–Crippen MR) is 105 cm³/mol. The number of rotatable bonds is 12. The fraction of sp³-hybridized carbons (Fsp3) is 0.600. The summed E-state index contributed by atoms with van der Waals surface area (Å²) in [5.74, 6) is -0.684. The molecule has 0 aromatic heterocycles. The van der Waals surface area contributed by atoms with Gasteiger partial charge in [0.1, 0.15) is 17.4 Å². The molecule has 8 nitrogen and oxygen atoms in total. The molecule has 0 unspecified atom stereocenters. The van der Waals surface area contributed by atoms with Crippen LogP contribution in [0.1, 0.15) is 32.8 Å². The quantitative estimate of drug-likeness (QED) is 0.358. The zero-order chi connectivity index (χ0) is 21.0. The molecule has 1 atom stereocenters. The Bertz CT molecular complexity index is 598. The number of carbonyl (C=O) groups is 2. The van der Waals surface area contributed by atoms with Gasteiger partial charge in [-0.25, -0.2) is 4.79 Å². The number of aromatic hydroxyl groups is 1. The second-order valence-electron chi connectivity index (χ2n) is 7.29. The number of hydrogen-bond donors (Lipinski definition) is 3. The summed E-state index contributed by atoms with van der Waals surface area (Å²) in [5.41, 5.74) is 5.44. The maximum atomic E-state index is 12.5. The summed E-state index contributed by atoms with van der Waals surface area (Å²) in [6.45, 7) is 7.24. The molecule has 8 heteroatoms. The number of ether oxygens (including phenoxy) is 3. The van der Waals surface area contributed by atoms with Gasteiger partial charge in [0, 0.05) is 19.4 Å². The van der Waals surface area contributed by atoms with E-state index in [9.17, 15) is 14.7 Å². The van der Waals surface area contributed by atoms with Crippen molar-refractivity contribution < 1.29 is 28.9 Å². The van der Waals surface area contributed by atoms with Gasteiger partial charge in [-0.3, -0.25) is 4.79 Å². The van der Waals surface area contributed by atoms with E-state index in [1.165, 1.54) is 12.1 Å². The molecule has 0 spiro atoms. The fourth-order valence-electron chi connectivity index (χ4n) is 2.27. The van der Waals surface area contributed by atoms with Crippen molar-refractivity contribution in [2.75, 3.05) is 33.0 Å². The van der Waals surface area contributed by atoms with E-state index in [1.807, 2.05) is 0 Å². The standard InChI is InChI=1S/C20H32N2O6/c1-20(2,3)28-19(25)17(14-15-4-6-16(23)7-5-15)22-18(24)8-10-26-12-13-27-11-9-21/h4-7,17,23H,8-14,21H2,1-3H3,(H,22,24)/t17-/m0/s1. The Morgan fingerprint density at radius 1 is 1.07 bits per heavy atom. The lowest BCUT2D eigenvalue weighted by Crippen LogP contribution is -2.45. The van der Waals surface area contributed by atoms with Crippen molar-refractivity contribution in [1.29, 1.82) is 0 Å². The third-order valence-corrected chi connectivity index (χ3v) is 3.51. The third kappa shape index (κ3) is 10.9. The molecule has 0 bridgehead atoms. The molecule has 0 aliphatic carbocycles. The van der Waals surface area contributed by atoms with Crippen LogP contribution in [-0.4, -0.2) is 61.6 Å². The molecule has 158 valence electrons. The van der Waals surface area contributed by atoms with Crippen LogP contribution >= 0.6 is 0 Å². The SMILES string of the molecule is CC(C)(C)OC(=O)[C@H](Cc1ccc(O)cc1)NC(=O)CCOCCOCCN. The third-order valence-electron chi connectivity index (χ3n) is 3.51. The molecule has 4 N–H and O–H groups in total. The molecule has 0 aliphatic rings. The number of esters is 1. The van der Waals surface area contributed by atoms with Gasteiger partial charge in [0.05, 0.1) is 26.4 Å². The second-order valence-corrected chi connectivity index (χ2v) is 7.29. The van der Waals surface area contributed by atoms with Crippen LogP contribution in [0.2, 0.25) is 0 Å². The van der Waals surface area contributed by atoms with Crippen molar-refractivity contribution in [1.82, 2.24) is 5.32 Å². The summed E-state index contributed by atoms with van der Waals surface area (Å²) in [5, 5.41) is 12.1. The normalized spacial score (nSPS) is 12.4. The monoisotopic (exact) mass is 396 g/mol. The van der Waals surface area contributed by atoms with E-state index in [2.05, 4.69) is 5.32 Å². The molecule has 1 aromatic carbocycles. The molecular formula is C20H32N2O6. The van der Waals surface area contributed by atoms with Gasteiger partial charge in [-0.05, 0) is 38.5 Å². The van der Waals surface area contributed by atoms with E-state index in [0.29, 0.717) is 26.4 Å². The van der Waals surface area contributed by atoms with Gasteiger partial charge in [-0.1, -0.05) is 12.1 Å². The molecule has 0 heterocycles. The highest BCUT2D eigenvalue weighted by atomic mass is 16.6. The summed E-state index contributed by atoms with van der Waals surface area (Å²) < 4.78 is 15.9. The Morgan fingerprint density at radius 2 is 1.68 bits per heavy atom. The number of hydrogen-bond acceptors (Lipinski definition) is 7. The van der Waals surface area contributed by atoms with Crippen molar-refractivity contribution in [3.05, 3.63) is 29.8 Å². The van der Waals surface area contributed by atoms with Crippen molar-refractivity contribution in [2.24, 2.45) is 5.73 Å². The maximum absolute atomic E-state index is 12.5. The molecule has 0 saturated carbocycles. The second kappa shape index (κ2) is 12.3. The van der Waals surface area contributed by atoms with Crippen LogP contribution in [0.5, 0.6) is 5.75 Å². The van der Waals surface area contributed by atoms with E-state index in [-0.39, 0.29) is 31.1 Å². The molecule has 28 heavy (non-hydrogen) atoms. The zero-order valence-electron chi connectivity index (χ0n) is 16.9. The summed E-state index contributed by atoms with van der Waals surface area (Å²) in [6.07, 6.45) is 0.375. The van der Waals surface area contributed by atoms with Crippen LogP contribution in [0, 0.1) is 0 Å². The minimum Gasteiger partial charge on any atom is -0.508 e. The Labute approximate surface area is 166 Å². The van der Waals surface area contributed by atoms with Gasteiger partial charge < -0.3 is 30.4 Å². The van der Waals surface area contributed by atoms with Crippen LogP contribution in [-0.2, 0) is 30.2 Å². The molecule has 1 rings (SSSR count). The minimum atomic E-state index is -0.829. The lowest BCUT2D eigenvalue weighted by atomic mass is 10.0. The number of phenols is 1. The van der Waals surface area contributed by atoms with Gasteiger partial charge in [-0.15, -0.1) is 0 Å². The molecular weight excluding hydrogens is 364 g/mol. The Balaban J connectivity index is 2.55. The highest BCUT2D eigenvalue weighted by Gasteiger charge is 2.26. The van der Waals surface area contributed by atoms with Crippen LogP contribution < -0.4 is 11.1 Å². The first-order valence-electron chi connectivity index (χ1n) is 9.37. The van der Waals surface area contributed by atoms with Gasteiger partial charge in [-0.2, -0.15) is 0 Å². The first-order valence-corrected chi connectivity index (χ1v) is 9.37. The molecule has 1 amide bonds. The zero-order valence-corrected chi connectivity index (χ0v) is 16.9.